The van der Waals surface area contributed by atoms with Crippen LogP contribution < -0.4 is 10.2 Å². The van der Waals surface area contributed by atoms with Gasteiger partial charge < -0.3 is 4.74 Å². The second-order valence-electron chi connectivity index (χ2n) is 4.73. The van der Waals surface area contributed by atoms with Crippen LogP contribution in [0.1, 0.15) is 26.2 Å². The average Bonchev–Trinajstić information content (AvgIpc) is 2.50. The molecule has 1 amide bonds. The Balaban J connectivity index is 2.16. The Morgan fingerprint density at radius 1 is 1.25 bits per heavy atom. The van der Waals surface area contributed by atoms with Crippen LogP contribution >= 0.6 is 0 Å². The first kappa shape index (κ1) is 14.3. The first-order chi connectivity index (χ1) is 9.74. The Kier molecular flexibility index (Phi) is 4.96. The number of hydrogen-bond donors (Lipinski definition) is 2. The van der Waals surface area contributed by atoms with E-state index in [0.717, 1.165) is 23.6 Å². The van der Waals surface area contributed by atoms with E-state index < -0.39 is 12.0 Å². The van der Waals surface area contributed by atoms with Crippen LogP contribution in [0, 0.1) is 0 Å². The molecule has 2 rings (SSSR count). The van der Waals surface area contributed by atoms with Crippen LogP contribution in [0.25, 0.3) is 10.8 Å². The molecule has 0 radical (unpaired) electrons. The number of carbonyl (C=O) groups excluding carboxylic acids is 1. The molecule has 0 aliphatic heterocycles. The number of amides is 1. The Labute approximate surface area is 118 Å². The van der Waals surface area contributed by atoms with Crippen molar-refractivity contribution in [2.24, 2.45) is 0 Å². The minimum Gasteiger partial charge on any atom is -0.481 e. The highest BCUT2D eigenvalue weighted by Gasteiger charge is 2.19. The zero-order chi connectivity index (χ0) is 14.4. The normalized spacial score (nSPS) is 12.1. The van der Waals surface area contributed by atoms with Crippen LogP contribution in [0.5, 0.6) is 5.75 Å². The summed E-state index contributed by atoms with van der Waals surface area (Å²) in [5.41, 5.74) is 1.67. The molecule has 0 fully saturated rings. The Morgan fingerprint density at radius 2 is 2.00 bits per heavy atom. The summed E-state index contributed by atoms with van der Waals surface area (Å²) >= 11 is 0. The molecule has 2 aromatic rings. The summed E-state index contributed by atoms with van der Waals surface area (Å²) in [6, 6.07) is 13.7. The maximum absolute atomic E-state index is 11.6. The van der Waals surface area contributed by atoms with Crippen molar-refractivity contribution in [3.05, 3.63) is 42.5 Å². The van der Waals surface area contributed by atoms with Gasteiger partial charge in [0.15, 0.2) is 6.10 Å². The second kappa shape index (κ2) is 6.91. The molecule has 0 heterocycles. The Bertz CT molecular complexity index is 583. The number of nitrogens with one attached hydrogen (secondary N) is 1. The third kappa shape index (κ3) is 3.48. The highest BCUT2D eigenvalue weighted by Crippen LogP contribution is 2.22. The van der Waals surface area contributed by atoms with E-state index in [2.05, 4.69) is 0 Å². The van der Waals surface area contributed by atoms with E-state index >= 15 is 0 Å². The zero-order valence-corrected chi connectivity index (χ0v) is 11.5. The van der Waals surface area contributed by atoms with Crippen LogP contribution in [-0.4, -0.2) is 17.2 Å². The first-order valence-corrected chi connectivity index (χ1v) is 6.84. The maximum atomic E-state index is 11.6. The van der Waals surface area contributed by atoms with Crippen molar-refractivity contribution in [1.82, 2.24) is 5.48 Å². The molecule has 4 nitrogen and oxygen atoms in total. The van der Waals surface area contributed by atoms with Gasteiger partial charge in [-0.2, -0.15) is 0 Å². The molecule has 0 aromatic heterocycles. The third-order valence-corrected chi connectivity index (χ3v) is 3.22. The minimum atomic E-state index is -0.666. The summed E-state index contributed by atoms with van der Waals surface area (Å²) in [4.78, 5) is 11.6. The van der Waals surface area contributed by atoms with Gasteiger partial charge >= 0.3 is 0 Å². The molecule has 2 N–H and O–H groups in total. The SMILES string of the molecule is CCCCC(Oc1ccc2ccccc2c1)C(=O)NO. The Hall–Kier alpha value is -2.07. The number of fused-ring (bicyclic) bond motifs is 1. The summed E-state index contributed by atoms with van der Waals surface area (Å²) in [6.45, 7) is 2.05. The molecule has 0 bridgehead atoms. The van der Waals surface area contributed by atoms with E-state index in [0.29, 0.717) is 12.2 Å². The molecule has 2 aromatic carbocycles. The van der Waals surface area contributed by atoms with Gasteiger partial charge in [0, 0.05) is 0 Å². The highest BCUT2D eigenvalue weighted by molar-refractivity contribution is 5.84. The van der Waals surface area contributed by atoms with Gasteiger partial charge in [0.2, 0.25) is 0 Å². The topological polar surface area (TPSA) is 58.6 Å². The zero-order valence-electron chi connectivity index (χ0n) is 11.5. The largest absolute Gasteiger partial charge is 0.481 e. The van der Waals surface area contributed by atoms with E-state index in [9.17, 15) is 4.79 Å². The molecule has 0 aliphatic rings. The highest BCUT2D eigenvalue weighted by atomic mass is 16.5. The van der Waals surface area contributed by atoms with E-state index in [1.165, 1.54) is 0 Å². The van der Waals surface area contributed by atoms with Gasteiger partial charge in [-0.1, -0.05) is 43.7 Å². The van der Waals surface area contributed by atoms with Crippen molar-refractivity contribution in [2.45, 2.75) is 32.3 Å². The predicted molar refractivity (Wildman–Crippen MR) is 77.8 cm³/mol. The van der Waals surface area contributed by atoms with Crippen molar-refractivity contribution >= 4 is 16.7 Å². The van der Waals surface area contributed by atoms with Gasteiger partial charge in [-0.05, 0) is 35.7 Å². The fraction of sp³-hybridized carbons (Fsp3) is 0.312. The molecule has 20 heavy (non-hydrogen) atoms. The molecule has 0 saturated carbocycles. The van der Waals surface area contributed by atoms with Gasteiger partial charge in [0.1, 0.15) is 5.75 Å². The van der Waals surface area contributed by atoms with Crippen LogP contribution in [0.2, 0.25) is 0 Å². The van der Waals surface area contributed by atoms with Crippen LogP contribution in [0.3, 0.4) is 0 Å². The monoisotopic (exact) mass is 273 g/mol. The molecule has 0 spiro atoms. The quantitative estimate of drug-likeness (QED) is 0.627. The fourth-order valence-corrected chi connectivity index (χ4v) is 2.11. The van der Waals surface area contributed by atoms with Crippen LogP contribution in [0.4, 0.5) is 0 Å². The van der Waals surface area contributed by atoms with Gasteiger partial charge in [0.05, 0.1) is 0 Å². The summed E-state index contributed by atoms with van der Waals surface area (Å²) in [7, 11) is 0. The maximum Gasteiger partial charge on any atom is 0.284 e. The fourth-order valence-electron chi connectivity index (χ4n) is 2.11. The van der Waals surface area contributed by atoms with E-state index in [4.69, 9.17) is 9.94 Å². The molecule has 0 saturated heterocycles. The van der Waals surface area contributed by atoms with Crippen LogP contribution in [-0.2, 0) is 4.79 Å². The van der Waals surface area contributed by atoms with E-state index in [1.807, 2.05) is 49.4 Å². The molecule has 4 heteroatoms. The lowest BCUT2D eigenvalue weighted by atomic mass is 10.1. The summed E-state index contributed by atoms with van der Waals surface area (Å²) in [6.07, 6.45) is 1.75. The van der Waals surface area contributed by atoms with Crippen molar-refractivity contribution in [2.75, 3.05) is 0 Å². The number of hydrogen-bond acceptors (Lipinski definition) is 3. The van der Waals surface area contributed by atoms with Crippen molar-refractivity contribution in [3.8, 4) is 5.75 Å². The first-order valence-electron chi connectivity index (χ1n) is 6.84. The number of benzene rings is 2. The number of hydroxylamine groups is 1. The summed E-state index contributed by atoms with van der Waals surface area (Å²) < 4.78 is 5.71. The van der Waals surface area contributed by atoms with Crippen molar-refractivity contribution < 1.29 is 14.7 Å². The second-order valence-corrected chi connectivity index (χ2v) is 4.73. The molecular weight excluding hydrogens is 254 g/mol. The van der Waals surface area contributed by atoms with Crippen LogP contribution in [0.15, 0.2) is 42.5 Å². The van der Waals surface area contributed by atoms with Gasteiger partial charge in [-0.3, -0.25) is 10.0 Å². The lowest BCUT2D eigenvalue weighted by molar-refractivity contribution is -0.136. The van der Waals surface area contributed by atoms with Gasteiger partial charge in [-0.15, -0.1) is 0 Å². The van der Waals surface area contributed by atoms with Crippen molar-refractivity contribution in [1.29, 1.82) is 0 Å². The molecule has 1 atom stereocenters. The molecule has 0 aliphatic carbocycles. The number of ether oxygens (including phenoxy) is 1. The summed E-state index contributed by atoms with van der Waals surface area (Å²) in [5.74, 6) is 0.125. The lowest BCUT2D eigenvalue weighted by Crippen LogP contribution is -2.36. The minimum absolute atomic E-state index is 0.508. The summed E-state index contributed by atoms with van der Waals surface area (Å²) in [5, 5.41) is 11.0. The third-order valence-electron chi connectivity index (χ3n) is 3.22. The standard InChI is InChI=1S/C16H19NO3/c1-2-3-8-15(16(18)17-19)20-14-10-9-12-6-4-5-7-13(12)11-14/h4-7,9-11,15,19H,2-3,8H2,1H3,(H,17,18). The Morgan fingerprint density at radius 3 is 2.70 bits per heavy atom. The predicted octanol–water partition coefficient (Wildman–Crippen LogP) is 3.28. The van der Waals surface area contributed by atoms with E-state index in [-0.39, 0.29) is 0 Å². The number of carbonyl (C=O) groups is 1. The smallest absolute Gasteiger partial charge is 0.284 e. The van der Waals surface area contributed by atoms with Crippen molar-refractivity contribution in [3.63, 3.8) is 0 Å². The van der Waals surface area contributed by atoms with Gasteiger partial charge in [-0.25, -0.2) is 5.48 Å². The van der Waals surface area contributed by atoms with Gasteiger partial charge in [0.25, 0.3) is 5.91 Å². The number of unbranched alkanes of at least 4 members (excludes halogenated alkanes) is 1. The molecular formula is C16H19NO3. The molecule has 106 valence electrons. The lowest BCUT2D eigenvalue weighted by Gasteiger charge is -2.17. The molecule has 1 unspecified atom stereocenters. The number of rotatable bonds is 6. The van der Waals surface area contributed by atoms with E-state index in [1.54, 1.807) is 5.48 Å². The average molecular weight is 273 g/mol.